The van der Waals surface area contributed by atoms with Gasteiger partial charge in [-0.1, -0.05) is 12.1 Å². The molecule has 0 aliphatic heterocycles. The maximum Gasteiger partial charge on any atom is 0.411 e. The summed E-state index contributed by atoms with van der Waals surface area (Å²) < 4.78 is 17.9. The third-order valence-corrected chi connectivity index (χ3v) is 4.57. The zero-order valence-corrected chi connectivity index (χ0v) is 17.1. The summed E-state index contributed by atoms with van der Waals surface area (Å²) in [6.45, 7) is 3.96. The summed E-state index contributed by atoms with van der Waals surface area (Å²) in [7, 11) is 1.33. The van der Waals surface area contributed by atoms with Crippen molar-refractivity contribution in [2.24, 2.45) is 4.99 Å². The van der Waals surface area contributed by atoms with Gasteiger partial charge in [0.2, 0.25) is 0 Å². The molecule has 0 spiro atoms. The quantitative estimate of drug-likeness (QED) is 0.352. The van der Waals surface area contributed by atoms with Gasteiger partial charge in [-0.15, -0.1) is 0 Å². The Kier molecular flexibility index (Phi) is 7.26. The highest BCUT2D eigenvalue weighted by Gasteiger charge is 2.05. The molecule has 0 aliphatic rings. The predicted molar refractivity (Wildman–Crippen MR) is 117 cm³/mol. The maximum atomic E-state index is 13.3. The molecule has 0 radical (unpaired) electrons. The topological polar surface area (TPSA) is 90.5 Å². The molecule has 0 atom stereocenters. The molecule has 8 heteroatoms. The van der Waals surface area contributed by atoms with Crippen molar-refractivity contribution in [1.82, 2.24) is 15.6 Å². The molecule has 1 amide bonds. The molecule has 3 rings (SSSR count). The van der Waals surface area contributed by atoms with E-state index in [0.717, 1.165) is 41.0 Å². The number of benzene rings is 2. The van der Waals surface area contributed by atoms with Crippen molar-refractivity contribution in [1.29, 1.82) is 0 Å². The Morgan fingerprint density at radius 2 is 1.97 bits per heavy atom. The lowest BCUT2D eigenvalue weighted by molar-refractivity contribution is 0.187. The minimum absolute atomic E-state index is 0.246. The number of rotatable bonds is 7. The second kappa shape index (κ2) is 10.3. The number of aliphatic imine (C=N–C) groups is 1. The van der Waals surface area contributed by atoms with Gasteiger partial charge < -0.3 is 20.4 Å². The SMILES string of the molecule is CCNC(=NCc1ccc(NC(=O)OC)cc1)NCCc1c[nH]c2cc(F)ccc12. The first-order valence-corrected chi connectivity index (χ1v) is 9.80. The molecule has 0 bridgehead atoms. The van der Waals surface area contributed by atoms with Crippen LogP contribution in [0.15, 0.2) is 53.7 Å². The largest absolute Gasteiger partial charge is 0.453 e. The average molecular weight is 411 g/mol. The molecule has 0 saturated heterocycles. The van der Waals surface area contributed by atoms with Crippen molar-refractivity contribution in [3.8, 4) is 0 Å². The van der Waals surface area contributed by atoms with Crippen molar-refractivity contribution in [2.45, 2.75) is 19.9 Å². The molecule has 0 unspecified atom stereocenters. The fourth-order valence-electron chi connectivity index (χ4n) is 3.06. The highest BCUT2D eigenvalue weighted by Crippen LogP contribution is 2.19. The highest BCUT2D eigenvalue weighted by molar-refractivity contribution is 5.84. The highest BCUT2D eigenvalue weighted by atomic mass is 19.1. The van der Waals surface area contributed by atoms with E-state index >= 15 is 0 Å². The Labute approximate surface area is 174 Å². The Hall–Kier alpha value is -3.55. The van der Waals surface area contributed by atoms with E-state index in [2.05, 4.69) is 30.7 Å². The van der Waals surface area contributed by atoms with Crippen LogP contribution in [0.25, 0.3) is 10.9 Å². The number of H-pyrrole nitrogens is 1. The number of hydrogen-bond acceptors (Lipinski definition) is 3. The molecular weight excluding hydrogens is 385 g/mol. The normalized spacial score (nSPS) is 11.4. The summed E-state index contributed by atoms with van der Waals surface area (Å²) in [6.07, 6.45) is 2.20. The number of amides is 1. The van der Waals surface area contributed by atoms with E-state index < -0.39 is 6.09 Å². The fraction of sp³-hybridized carbons (Fsp3) is 0.273. The summed E-state index contributed by atoms with van der Waals surface area (Å²) >= 11 is 0. The molecule has 4 N–H and O–H groups in total. The van der Waals surface area contributed by atoms with Gasteiger partial charge in [-0.3, -0.25) is 5.32 Å². The lowest BCUT2D eigenvalue weighted by Crippen LogP contribution is -2.38. The van der Waals surface area contributed by atoms with E-state index in [-0.39, 0.29) is 5.82 Å². The van der Waals surface area contributed by atoms with Gasteiger partial charge in [0.15, 0.2) is 5.96 Å². The summed E-state index contributed by atoms with van der Waals surface area (Å²) in [5.74, 6) is 0.477. The van der Waals surface area contributed by atoms with Crippen LogP contribution in [0.2, 0.25) is 0 Å². The van der Waals surface area contributed by atoms with Gasteiger partial charge in [0, 0.05) is 35.9 Å². The summed E-state index contributed by atoms with van der Waals surface area (Å²) in [6, 6.07) is 12.2. The number of aromatic amines is 1. The van der Waals surface area contributed by atoms with Gasteiger partial charge in [0.25, 0.3) is 0 Å². The van der Waals surface area contributed by atoms with E-state index in [1.165, 1.54) is 19.2 Å². The number of fused-ring (bicyclic) bond motifs is 1. The van der Waals surface area contributed by atoms with Crippen molar-refractivity contribution in [2.75, 3.05) is 25.5 Å². The van der Waals surface area contributed by atoms with Gasteiger partial charge in [0.05, 0.1) is 13.7 Å². The van der Waals surface area contributed by atoms with Crippen molar-refractivity contribution >= 4 is 28.6 Å². The predicted octanol–water partition coefficient (Wildman–Crippen LogP) is 3.78. The van der Waals surface area contributed by atoms with Crippen LogP contribution in [-0.2, 0) is 17.7 Å². The number of carbonyl (C=O) groups is 1. The van der Waals surface area contributed by atoms with Crippen LogP contribution in [-0.4, -0.2) is 37.2 Å². The van der Waals surface area contributed by atoms with E-state index in [9.17, 15) is 9.18 Å². The molecule has 158 valence electrons. The molecule has 3 aromatic rings. The van der Waals surface area contributed by atoms with Crippen molar-refractivity contribution in [3.63, 3.8) is 0 Å². The lowest BCUT2D eigenvalue weighted by Gasteiger charge is -2.11. The van der Waals surface area contributed by atoms with Crippen LogP contribution in [0.4, 0.5) is 14.9 Å². The number of carbonyl (C=O) groups excluding carboxylic acids is 1. The number of methoxy groups -OCH3 is 1. The first-order chi connectivity index (χ1) is 14.6. The van der Waals surface area contributed by atoms with E-state index in [4.69, 9.17) is 0 Å². The molecule has 2 aromatic carbocycles. The second-order valence-corrected chi connectivity index (χ2v) is 6.69. The van der Waals surface area contributed by atoms with Gasteiger partial charge in [0.1, 0.15) is 5.82 Å². The van der Waals surface area contributed by atoms with E-state index in [0.29, 0.717) is 18.8 Å². The Morgan fingerprint density at radius 1 is 1.17 bits per heavy atom. The fourth-order valence-corrected chi connectivity index (χ4v) is 3.06. The minimum atomic E-state index is -0.500. The third-order valence-electron chi connectivity index (χ3n) is 4.57. The van der Waals surface area contributed by atoms with E-state index in [1.807, 2.05) is 37.4 Å². The maximum absolute atomic E-state index is 13.3. The van der Waals surface area contributed by atoms with Crippen LogP contribution in [0.1, 0.15) is 18.1 Å². The Morgan fingerprint density at radius 3 is 2.70 bits per heavy atom. The zero-order valence-electron chi connectivity index (χ0n) is 17.1. The Bertz CT molecular complexity index is 1010. The van der Waals surface area contributed by atoms with Gasteiger partial charge in [-0.2, -0.15) is 0 Å². The molecule has 0 fully saturated rings. The summed E-state index contributed by atoms with van der Waals surface area (Å²) in [5, 5.41) is 10.2. The average Bonchev–Trinajstić information content (AvgIpc) is 3.14. The first kappa shape index (κ1) is 21.2. The van der Waals surface area contributed by atoms with Gasteiger partial charge in [-0.05, 0) is 54.8 Å². The first-order valence-electron chi connectivity index (χ1n) is 9.80. The number of anilines is 1. The molecule has 1 aromatic heterocycles. The summed E-state index contributed by atoms with van der Waals surface area (Å²) in [5.41, 5.74) is 3.61. The molecule has 7 nitrogen and oxygen atoms in total. The van der Waals surface area contributed by atoms with Crippen LogP contribution in [0, 0.1) is 5.82 Å². The van der Waals surface area contributed by atoms with Gasteiger partial charge >= 0.3 is 6.09 Å². The molecule has 0 saturated carbocycles. The number of aromatic nitrogens is 1. The second-order valence-electron chi connectivity index (χ2n) is 6.69. The molecule has 0 aliphatic carbocycles. The monoisotopic (exact) mass is 411 g/mol. The number of guanidine groups is 1. The molecular formula is C22H26FN5O2. The van der Waals surface area contributed by atoms with Crippen LogP contribution < -0.4 is 16.0 Å². The number of hydrogen-bond donors (Lipinski definition) is 4. The lowest BCUT2D eigenvalue weighted by atomic mass is 10.1. The van der Waals surface area contributed by atoms with Gasteiger partial charge in [-0.25, -0.2) is 14.2 Å². The third kappa shape index (κ3) is 5.73. The number of nitrogens with one attached hydrogen (secondary N) is 4. The summed E-state index contributed by atoms with van der Waals surface area (Å²) in [4.78, 5) is 19.0. The van der Waals surface area contributed by atoms with Crippen molar-refractivity contribution < 1.29 is 13.9 Å². The zero-order chi connectivity index (χ0) is 21.3. The molecule has 30 heavy (non-hydrogen) atoms. The Balaban J connectivity index is 1.55. The van der Waals surface area contributed by atoms with Crippen LogP contribution >= 0.6 is 0 Å². The minimum Gasteiger partial charge on any atom is -0.453 e. The number of ether oxygens (including phenoxy) is 1. The van der Waals surface area contributed by atoms with E-state index in [1.54, 1.807) is 6.07 Å². The van der Waals surface area contributed by atoms with Crippen LogP contribution in [0.5, 0.6) is 0 Å². The molecule has 1 heterocycles. The number of nitrogens with zero attached hydrogens (tertiary/aromatic N) is 1. The van der Waals surface area contributed by atoms with Crippen molar-refractivity contribution in [3.05, 3.63) is 65.6 Å². The standard InChI is InChI=1S/C22H26FN5O2/c1-3-24-21(27-13-15-4-7-18(8-5-15)28-22(29)30-2)25-11-10-16-14-26-20-12-17(23)6-9-19(16)20/h4-9,12,14,26H,3,10-11,13H2,1-2H3,(H,28,29)(H2,24,25,27). The smallest absolute Gasteiger partial charge is 0.411 e. The van der Waals surface area contributed by atoms with Crippen LogP contribution in [0.3, 0.4) is 0 Å². The number of halogens is 1.